The Morgan fingerprint density at radius 2 is 1.56 bits per heavy atom. The summed E-state index contributed by atoms with van der Waals surface area (Å²) in [7, 11) is 0. The smallest absolute Gasteiger partial charge is 0.133 e. The minimum atomic E-state index is 0.436. The van der Waals surface area contributed by atoms with E-state index in [1.54, 1.807) is 0 Å². The first-order chi connectivity index (χ1) is 8.49. The summed E-state index contributed by atoms with van der Waals surface area (Å²) in [5, 5.41) is 0. The van der Waals surface area contributed by atoms with Crippen LogP contribution >= 0.6 is 0 Å². The molecule has 1 fully saturated rings. The molecule has 0 heterocycles. The Hall–Kier alpha value is -0.890. The van der Waals surface area contributed by atoms with Gasteiger partial charge in [-0.1, -0.05) is 11.1 Å². The Kier molecular flexibility index (Phi) is 6.34. The summed E-state index contributed by atoms with van der Waals surface area (Å²) in [5.74, 6) is 0.436. The van der Waals surface area contributed by atoms with Gasteiger partial charge in [-0.05, 0) is 39.5 Å². The lowest BCUT2D eigenvalue weighted by Crippen LogP contribution is -2.39. The molecule has 0 radical (unpaired) electrons. The van der Waals surface area contributed by atoms with Crippen molar-refractivity contribution in [2.75, 3.05) is 13.1 Å². The van der Waals surface area contributed by atoms with E-state index < -0.39 is 0 Å². The van der Waals surface area contributed by atoms with Gasteiger partial charge in [0.15, 0.2) is 0 Å². The number of nitrogens with zero attached hydrogens (tertiary/aromatic N) is 1. The normalized spacial score (nSPS) is 17.2. The molecule has 0 bridgehead atoms. The molecular weight excluding hydrogens is 222 g/mol. The maximum Gasteiger partial charge on any atom is 0.133 e. The average Bonchev–Trinajstić information content (AvgIpc) is 2.30. The van der Waals surface area contributed by atoms with Crippen molar-refractivity contribution in [3.63, 3.8) is 0 Å². The minimum Gasteiger partial charge on any atom is -0.300 e. The second-order valence-electron chi connectivity index (χ2n) is 5.72. The summed E-state index contributed by atoms with van der Waals surface area (Å²) in [5.41, 5.74) is 2.48. The van der Waals surface area contributed by atoms with Crippen molar-refractivity contribution in [3.8, 4) is 0 Å². The van der Waals surface area contributed by atoms with Gasteiger partial charge in [0, 0.05) is 32.0 Å². The van der Waals surface area contributed by atoms with Crippen molar-refractivity contribution in [1.29, 1.82) is 0 Å². The van der Waals surface area contributed by atoms with Gasteiger partial charge < -0.3 is 0 Å². The summed E-state index contributed by atoms with van der Waals surface area (Å²) in [6.45, 7) is 14.3. The predicted molar refractivity (Wildman–Crippen MR) is 77.7 cm³/mol. The zero-order valence-electron chi connectivity index (χ0n) is 12.0. The molecule has 0 spiro atoms. The maximum atomic E-state index is 11.3. The lowest BCUT2D eigenvalue weighted by molar-refractivity contribution is -0.121. The minimum absolute atomic E-state index is 0.436. The summed E-state index contributed by atoms with van der Waals surface area (Å²) in [6, 6.07) is 0.585. The molecule has 0 unspecified atom stereocenters. The van der Waals surface area contributed by atoms with Gasteiger partial charge in [0.25, 0.3) is 0 Å². The second kappa shape index (κ2) is 7.52. The van der Waals surface area contributed by atoms with E-state index in [4.69, 9.17) is 0 Å². The van der Waals surface area contributed by atoms with Crippen LogP contribution in [0.3, 0.4) is 0 Å². The van der Waals surface area contributed by atoms with Gasteiger partial charge >= 0.3 is 0 Å². The molecule has 18 heavy (non-hydrogen) atoms. The maximum absolute atomic E-state index is 11.3. The molecule has 0 aromatic rings. The molecule has 0 aromatic carbocycles. The van der Waals surface area contributed by atoms with Gasteiger partial charge in [0.05, 0.1) is 0 Å². The highest BCUT2D eigenvalue weighted by molar-refractivity contribution is 5.79. The van der Waals surface area contributed by atoms with Crippen LogP contribution in [0.2, 0.25) is 0 Å². The Morgan fingerprint density at radius 3 is 1.94 bits per heavy atom. The van der Waals surface area contributed by atoms with E-state index in [1.807, 2.05) is 0 Å². The van der Waals surface area contributed by atoms with Gasteiger partial charge in [-0.2, -0.15) is 0 Å². The van der Waals surface area contributed by atoms with Crippen molar-refractivity contribution in [2.45, 2.75) is 58.4 Å². The molecule has 2 nitrogen and oxygen atoms in total. The van der Waals surface area contributed by atoms with Crippen LogP contribution in [0.25, 0.3) is 0 Å². The molecule has 2 heteroatoms. The number of Topliss-reactive ketones (excluding diaryl/α,β-unsaturated/α-hetero) is 1. The summed E-state index contributed by atoms with van der Waals surface area (Å²) in [6.07, 6.45) is 5.71. The average molecular weight is 249 g/mol. The van der Waals surface area contributed by atoms with Crippen LogP contribution in [0.1, 0.15) is 52.4 Å². The van der Waals surface area contributed by atoms with Gasteiger partial charge in [-0.25, -0.2) is 0 Å². The van der Waals surface area contributed by atoms with Crippen LogP contribution in [0.15, 0.2) is 24.3 Å². The van der Waals surface area contributed by atoms with Crippen molar-refractivity contribution in [2.24, 2.45) is 0 Å². The zero-order valence-corrected chi connectivity index (χ0v) is 12.0. The highest BCUT2D eigenvalue weighted by Gasteiger charge is 2.23. The van der Waals surface area contributed by atoms with E-state index in [2.05, 4.69) is 31.9 Å². The SMILES string of the molecule is C=C(C)CCN(CCC(=C)C)C1CCC(=O)CC1. The van der Waals surface area contributed by atoms with Gasteiger partial charge in [-0.15, -0.1) is 13.2 Å². The van der Waals surface area contributed by atoms with Crippen LogP contribution in [0.5, 0.6) is 0 Å². The third-order valence-electron chi connectivity index (χ3n) is 3.68. The van der Waals surface area contributed by atoms with Crippen LogP contribution < -0.4 is 0 Å². The number of hydrogen-bond acceptors (Lipinski definition) is 2. The van der Waals surface area contributed by atoms with Gasteiger partial charge in [-0.3, -0.25) is 9.69 Å². The number of carbonyl (C=O) groups excluding carboxylic acids is 1. The van der Waals surface area contributed by atoms with Crippen LogP contribution in [-0.2, 0) is 4.79 Å². The molecule has 0 N–H and O–H groups in total. The summed E-state index contributed by atoms with van der Waals surface area (Å²) >= 11 is 0. The molecule has 0 saturated heterocycles. The molecule has 1 aliphatic rings. The van der Waals surface area contributed by atoms with Crippen LogP contribution in [0, 0.1) is 0 Å². The standard InChI is InChI=1S/C16H27NO/c1-13(2)9-11-17(12-10-14(3)4)15-5-7-16(18)8-6-15/h15H,1,3,5-12H2,2,4H3. The number of hydrogen-bond donors (Lipinski definition) is 0. The number of rotatable bonds is 7. The zero-order chi connectivity index (χ0) is 13.5. The fourth-order valence-corrected chi connectivity index (χ4v) is 2.44. The lowest BCUT2D eigenvalue weighted by Gasteiger charge is -2.34. The molecule has 0 atom stereocenters. The predicted octanol–water partition coefficient (Wildman–Crippen LogP) is 3.73. The van der Waals surface area contributed by atoms with Crippen molar-refractivity contribution in [3.05, 3.63) is 24.3 Å². The molecule has 102 valence electrons. The summed E-state index contributed by atoms with van der Waals surface area (Å²) < 4.78 is 0. The first kappa shape index (κ1) is 15.2. The van der Waals surface area contributed by atoms with Crippen molar-refractivity contribution in [1.82, 2.24) is 4.90 Å². The van der Waals surface area contributed by atoms with E-state index in [9.17, 15) is 4.79 Å². The van der Waals surface area contributed by atoms with E-state index in [-0.39, 0.29) is 0 Å². The largest absolute Gasteiger partial charge is 0.300 e. The van der Waals surface area contributed by atoms with Crippen LogP contribution in [0.4, 0.5) is 0 Å². The molecule has 1 saturated carbocycles. The third kappa shape index (κ3) is 5.63. The van der Waals surface area contributed by atoms with Crippen LogP contribution in [-0.4, -0.2) is 29.8 Å². The number of carbonyl (C=O) groups is 1. The van der Waals surface area contributed by atoms with Crippen molar-refractivity contribution < 1.29 is 4.79 Å². The highest BCUT2D eigenvalue weighted by atomic mass is 16.1. The molecule has 0 aromatic heterocycles. The Balaban J connectivity index is 2.49. The second-order valence-corrected chi connectivity index (χ2v) is 5.72. The molecule has 1 aliphatic carbocycles. The Labute approximate surface area is 112 Å². The van der Waals surface area contributed by atoms with E-state index in [0.29, 0.717) is 11.8 Å². The van der Waals surface area contributed by atoms with E-state index in [1.165, 1.54) is 11.1 Å². The summed E-state index contributed by atoms with van der Waals surface area (Å²) in [4.78, 5) is 13.9. The first-order valence-electron chi connectivity index (χ1n) is 7.03. The third-order valence-corrected chi connectivity index (χ3v) is 3.68. The first-order valence-corrected chi connectivity index (χ1v) is 7.03. The molecule has 0 aliphatic heterocycles. The quantitative estimate of drug-likeness (QED) is 0.641. The van der Waals surface area contributed by atoms with Gasteiger partial charge in [0.2, 0.25) is 0 Å². The molecule has 0 amide bonds. The van der Waals surface area contributed by atoms with E-state index >= 15 is 0 Å². The Bertz CT molecular complexity index is 291. The van der Waals surface area contributed by atoms with Crippen molar-refractivity contribution >= 4 is 5.78 Å². The highest BCUT2D eigenvalue weighted by Crippen LogP contribution is 2.22. The topological polar surface area (TPSA) is 20.3 Å². The molecular formula is C16H27NO. The van der Waals surface area contributed by atoms with Gasteiger partial charge in [0.1, 0.15) is 5.78 Å². The fourth-order valence-electron chi connectivity index (χ4n) is 2.44. The Morgan fingerprint density at radius 1 is 1.11 bits per heavy atom. The number of ketones is 1. The van der Waals surface area contributed by atoms with E-state index in [0.717, 1.165) is 51.6 Å². The molecule has 1 rings (SSSR count). The monoisotopic (exact) mass is 249 g/mol. The lowest BCUT2D eigenvalue weighted by atomic mass is 9.92. The fraction of sp³-hybridized carbons (Fsp3) is 0.688.